The van der Waals surface area contributed by atoms with Crippen LogP contribution >= 0.6 is 15.9 Å². The molecule has 0 aliphatic rings. The number of anilines is 1. The quantitative estimate of drug-likeness (QED) is 0.514. The van der Waals surface area contributed by atoms with Crippen molar-refractivity contribution in [3.8, 4) is 0 Å². The molecule has 0 bridgehead atoms. The summed E-state index contributed by atoms with van der Waals surface area (Å²) in [5, 5.41) is 1.82. The molecule has 0 atom stereocenters. The van der Waals surface area contributed by atoms with Crippen LogP contribution in [0.2, 0.25) is 0 Å². The molecule has 2 heterocycles. The number of halogens is 1. The molecular formula is C17H11BrN2O2. The summed E-state index contributed by atoms with van der Waals surface area (Å²) in [5.74, 6) is 0.106. The van der Waals surface area contributed by atoms with Crippen LogP contribution < -0.4 is 5.73 Å². The van der Waals surface area contributed by atoms with Gasteiger partial charge in [-0.3, -0.25) is 9.36 Å². The highest BCUT2D eigenvalue weighted by molar-refractivity contribution is 9.10. The normalized spacial score (nSPS) is 11.3. The van der Waals surface area contributed by atoms with Gasteiger partial charge >= 0.3 is 0 Å². The van der Waals surface area contributed by atoms with Crippen molar-refractivity contribution in [2.24, 2.45) is 0 Å². The van der Waals surface area contributed by atoms with Crippen LogP contribution in [-0.2, 0) is 0 Å². The molecule has 0 fully saturated rings. The van der Waals surface area contributed by atoms with Gasteiger partial charge in [0.1, 0.15) is 5.58 Å². The highest BCUT2D eigenvalue weighted by Gasteiger charge is 2.16. The molecule has 0 spiro atoms. The smallest absolute Gasteiger partial charge is 0.298 e. The number of hydrogen-bond acceptors (Lipinski definition) is 3. The standard InChI is InChI=1S/C17H11BrN2O2/c18-12-2-1-11-8-16(22-15(11)9-12)17(21)20-6-5-10-7-13(19)3-4-14(10)20/h1-9H,19H2. The second-order valence-corrected chi connectivity index (χ2v) is 6.02. The number of aromatic nitrogens is 1. The van der Waals surface area contributed by atoms with Gasteiger partial charge < -0.3 is 10.2 Å². The third kappa shape index (κ3) is 2.02. The van der Waals surface area contributed by atoms with E-state index in [0.29, 0.717) is 17.0 Å². The van der Waals surface area contributed by atoms with Gasteiger partial charge in [-0.15, -0.1) is 0 Å². The van der Waals surface area contributed by atoms with Gasteiger partial charge in [-0.2, -0.15) is 0 Å². The SMILES string of the molecule is Nc1ccc2c(ccn2C(=O)c2cc3ccc(Br)cc3o2)c1. The largest absolute Gasteiger partial charge is 0.451 e. The minimum atomic E-state index is -0.202. The number of furan rings is 1. The van der Waals surface area contributed by atoms with E-state index >= 15 is 0 Å². The summed E-state index contributed by atoms with van der Waals surface area (Å²) >= 11 is 3.39. The Morgan fingerprint density at radius 2 is 1.91 bits per heavy atom. The molecule has 108 valence electrons. The van der Waals surface area contributed by atoms with E-state index in [1.54, 1.807) is 22.9 Å². The van der Waals surface area contributed by atoms with Crippen molar-refractivity contribution in [1.82, 2.24) is 4.57 Å². The molecule has 0 radical (unpaired) electrons. The number of fused-ring (bicyclic) bond motifs is 2. The monoisotopic (exact) mass is 354 g/mol. The molecule has 0 unspecified atom stereocenters. The summed E-state index contributed by atoms with van der Waals surface area (Å²) in [7, 11) is 0. The molecule has 2 aromatic heterocycles. The number of nitrogens with two attached hydrogens (primary N) is 1. The van der Waals surface area contributed by atoms with Crippen LogP contribution in [0.3, 0.4) is 0 Å². The average Bonchev–Trinajstić information content (AvgIpc) is 3.09. The van der Waals surface area contributed by atoms with Crippen molar-refractivity contribution < 1.29 is 9.21 Å². The van der Waals surface area contributed by atoms with Crippen molar-refractivity contribution in [2.45, 2.75) is 0 Å². The van der Waals surface area contributed by atoms with Crippen molar-refractivity contribution in [3.05, 3.63) is 65.0 Å². The second kappa shape index (κ2) is 4.74. The Morgan fingerprint density at radius 3 is 2.77 bits per heavy atom. The summed E-state index contributed by atoms with van der Waals surface area (Å²) in [6.45, 7) is 0. The minimum Gasteiger partial charge on any atom is -0.451 e. The number of benzene rings is 2. The van der Waals surface area contributed by atoms with Crippen LogP contribution in [0.15, 0.2) is 63.6 Å². The van der Waals surface area contributed by atoms with E-state index in [1.165, 1.54) is 0 Å². The van der Waals surface area contributed by atoms with E-state index < -0.39 is 0 Å². The molecule has 4 nitrogen and oxygen atoms in total. The first-order valence-corrected chi connectivity index (χ1v) is 7.51. The number of nitrogen functional groups attached to an aromatic ring is 1. The number of rotatable bonds is 1. The Labute approximate surface area is 134 Å². The van der Waals surface area contributed by atoms with Gasteiger partial charge in [-0.25, -0.2) is 0 Å². The maximum absolute atomic E-state index is 12.7. The van der Waals surface area contributed by atoms with Gasteiger partial charge in [0, 0.05) is 27.1 Å². The fourth-order valence-corrected chi connectivity index (χ4v) is 2.91. The molecule has 0 amide bonds. The number of hydrogen-bond donors (Lipinski definition) is 1. The molecule has 0 saturated heterocycles. The molecule has 0 aliphatic heterocycles. The third-order valence-corrected chi connectivity index (χ3v) is 4.12. The van der Waals surface area contributed by atoms with E-state index in [2.05, 4.69) is 15.9 Å². The first-order valence-electron chi connectivity index (χ1n) is 6.72. The molecular weight excluding hydrogens is 344 g/mol. The lowest BCUT2D eigenvalue weighted by Gasteiger charge is -2.01. The van der Waals surface area contributed by atoms with Gasteiger partial charge in [-0.05, 0) is 48.5 Å². The maximum atomic E-state index is 12.7. The van der Waals surface area contributed by atoms with Crippen molar-refractivity contribution in [2.75, 3.05) is 5.73 Å². The summed E-state index contributed by atoms with van der Waals surface area (Å²) in [6.07, 6.45) is 1.73. The van der Waals surface area contributed by atoms with E-state index in [4.69, 9.17) is 10.2 Å². The van der Waals surface area contributed by atoms with Crippen molar-refractivity contribution in [1.29, 1.82) is 0 Å². The van der Waals surface area contributed by atoms with Crippen LogP contribution in [0.4, 0.5) is 5.69 Å². The van der Waals surface area contributed by atoms with E-state index in [9.17, 15) is 4.79 Å². The molecule has 4 rings (SSSR count). The lowest BCUT2D eigenvalue weighted by atomic mass is 10.2. The first-order chi connectivity index (χ1) is 10.6. The summed E-state index contributed by atoms with van der Waals surface area (Å²) in [5.41, 5.74) is 7.93. The number of nitrogens with zero attached hydrogens (tertiary/aromatic N) is 1. The summed E-state index contributed by atoms with van der Waals surface area (Å²) in [6, 6.07) is 14.8. The zero-order valence-corrected chi connectivity index (χ0v) is 13.0. The maximum Gasteiger partial charge on any atom is 0.298 e. The average molecular weight is 355 g/mol. The Hall–Kier alpha value is -2.53. The number of carbonyl (C=O) groups is 1. The molecule has 2 N–H and O–H groups in total. The predicted octanol–water partition coefficient (Wildman–Crippen LogP) is 4.42. The molecule has 5 heteroatoms. The van der Waals surface area contributed by atoms with Crippen LogP contribution in [0.25, 0.3) is 21.9 Å². The number of carbonyl (C=O) groups excluding carboxylic acids is 1. The topological polar surface area (TPSA) is 61.2 Å². The van der Waals surface area contributed by atoms with E-state index in [1.807, 2.05) is 36.4 Å². The van der Waals surface area contributed by atoms with Gasteiger partial charge in [0.25, 0.3) is 5.91 Å². The molecule has 0 aliphatic carbocycles. The highest BCUT2D eigenvalue weighted by atomic mass is 79.9. The van der Waals surface area contributed by atoms with Crippen LogP contribution in [0, 0.1) is 0 Å². The van der Waals surface area contributed by atoms with Gasteiger partial charge in [0.05, 0.1) is 5.52 Å². The molecule has 22 heavy (non-hydrogen) atoms. The predicted molar refractivity (Wildman–Crippen MR) is 90.0 cm³/mol. The highest BCUT2D eigenvalue weighted by Crippen LogP contribution is 2.25. The Kier molecular flexibility index (Phi) is 2.84. The Balaban J connectivity index is 1.84. The zero-order chi connectivity index (χ0) is 15.3. The first kappa shape index (κ1) is 13.2. The Morgan fingerprint density at radius 1 is 1.05 bits per heavy atom. The van der Waals surface area contributed by atoms with Crippen LogP contribution in [0.1, 0.15) is 10.6 Å². The van der Waals surface area contributed by atoms with E-state index in [-0.39, 0.29) is 5.91 Å². The van der Waals surface area contributed by atoms with Crippen molar-refractivity contribution in [3.63, 3.8) is 0 Å². The molecule has 0 saturated carbocycles. The lowest BCUT2D eigenvalue weighted by molar-refractivity contribution is 0.0940. The van der Waals surface area contributed by atoms with Crippen LogP contribution in [0.5, 0.6) is 0 Å². The minimum absolute atomic E-state index is 0.202. The summed E-state index contributed by atoms with van der Waals surface area (Å²) < 4.78 is 8.17. The van der Waals surface area contributed by atoms with Gasteiger partial charge in [-0.1, -0.05) is 15.9 Å². The molecule has 4 aromatic rings. The van der Waals surface area contributed by atoms with E-state index in [0.717, 1.165) is 20.8 Å². The van der Waals surface area contributed by atoms with Crippen LogP contribution in [-0.4, -0.2) is 10.5 Å². The summed E-state index contributed by atoms with van der Waals surface area (Å²) in [4.78, 5) is 12.7. The fraction of sp³-hybridized carbons (Fsp3) is 0. The third-order valence-electron chi connectivity index (χ3n) is 3.63. The van der Waals surface area contributed by atoms with Gasteiger partial charge in [0.15, 0.2) is 5.76 Å². The fourth-order valence-electron chi connectivity index (χ4n) is 2.57. The molecule has 2 aromatic carbocycles. The Bertz CT molecular complexity index is 1030. The van der Waals surface area contributed by atoms with Crippen molar-refractivity contribution >= 4 is 49.4 Å². The second-order valence-electron chi connectivity index (χ2n) is 5.10. The lowest BCUT2D eigenvalue weighted by Crippen LogP contribution is -2.09. The zero-order valence-electron chi connectivity index (χ0n) is 11.4. The van der Waals surface area contributed by atoms with Gasteiger partial charge in [0.2, 0.25) is 0 Å².